The monoisotopic (exact) mass is 410 g/mol. The molecule has 1 saturated heterocycles. The number of amides is 1. The van der Waals surface area contributed by atoms with Gasteiger partial charge in [-0.25, -0.2) is 4.79 Å². The van der Waals surface area contributed by atoms with Crippen LogP contribution < -0.4 is 4.68 Å². The van der Waals surface area contributed by atoms with Crippen LogP contribution in [-0.2, 0) is 22.3 Å². The predicted molar refractivity (Wildman–Crippen MR) is 114 cm³/mol. The molecule has 1 amide bonds. The second-order valence-corrected chi connectivity index (χ2v) is 15.3. The number of hydrogen-bond donors (Lipinski definition) is 0. The van der Waals surface area contributed by atoms with E-state index in [4.69, 9.17) is 9.16 Å². The Morgan fingerprint density at radius 3 is 2.39 bits per heavy atom. The Morgan fingerprint density at radius 1 is 1.18 bits per heavy atom. The zero-order valence-electron chi connectivity index (χ0n) is 19.1. The Morgan fingerprint density at radius 2 is 1.82 bits per heavy atom. The van der Waals surface area contributed by atoms with Crippen molar-refractivity contribution in [1.82, 2.24) is 9.58 Å². The van der Waals surface area contributed by atoms with Crippen molar-refractivity contribution in [1.29, 1.82) is 0 Å². The number of rotatable bonds is 7. The van der Waals surface area contributed by atoms with Crippen molar-refractivity contribution in [2.24, 2.45) is 5.92 Å². The number of aromatic nitrogens is 2. The highest BCUT2D eigenvalue weighted by Gasteiger charge is 2.37. The first kappa shape index (κ1) is 22.9. The number of ether oxygens (including phenoxy) is 1. The number of carbonyl (C=O) groups excluding carboxylic acids is 1. The topological polar surface area (TPSA) is 47.6 Å². The van der Waals surface area contributed by atoms with Crippen LogP contribution in [0.5, 0.6) is 0 Å². The van der Waals surface area contributed by atoms with Crippen LogP contribution in [0, 0.1) is 5.92 Å². The highest BCUT2D eigenvalue weighted by molar-refractivity contribution is 6.74. The van der Waals surface area contributed by atoms with Gasteiger partial charge in [0.25, 0.3) is 0 Å². The molecule has 0 aliphatic carbocycles. The first-order valence-electron chi connectivity index (χ1n) is 10.5. The van der Waals surface area contributed by atoms with Crippen LogP contribution in [0.25, 0.3) is 0 Å². The smallest absolute Gasteiger partial charge is 0.410 e. The zero-order valence-corrected chi connectivity index (χ0v) is 20.1. The summed E-state index contributed by atoms with van der Waals surface area (Å²) in [4.78, 5) is 13.9. The minimum Gasteiger partial charge on any atom is -0.444 e. The summed E-state index contributed by atoms with van der Waals surface area (Å²) >= 11 is 0. The fourth-order valence-electron chi connectivity index (χ4n) is 2.97. The van der Waals surface area contributed by atoms with Gasteiger partial charge < -0.3 is 14.1 Å². The fraction of sp³-hybridized carbons (Fsp3) is 0.810. The molecule has 0 spiro atoms. The lowest BCUT2D eigenvalue weighted by Gasteiger charge is -2.38. The van der Waals surface area contributed by atoms with Gasteiger partial charge in [0, 0.05) is 25.8 Å². The van der Waals surface area contributed by atoms with Crippen LogP contribution >= 0.6 is 0 Å². The van der Waals surface area contributed by atoms with E-state index in [0.717, 1.165) is 39.2 Å². The first-order chi connectivity index (χ1) is 12.8. The van der Waals surface area contributed by atoms with Crippen molar-refractivity contribution >= 4 is 14.4 Å². The summed E-state index contributed by atoms with van der Waals surface area (Å²) in [5.74, 6) is 0.481. The summed E-state index contributed by atoms with van der Waals surface area (Å²) in [6.07, 6.45) is 5.05. The summed E-state index contributed by atoms with van der Waals surface area (Å²) in [7, 11) is -1.66. The second-order valence-electron chi connectivity index (χ2n) is 10.5. The van der Waals surface area contributed by atoms with E-state index < -0.39 is 13.9 Å². The third kappa shape index (κ3) is 6.34. The van der Waals surface area contributed by atoms with Gasteiger partial charge >= 0.3 is 6.09 Å². The van der Waals surface area contributed by atoms with Crippen molar-refractivity contribution in [2.75, 3.05) is 19.7 Å². The molecule has 1 aromatic heterocycles. The molecule has 0 aromatic carbocycles. The largest absolute Gasteiger partial charge is 0.444 e. The Kier molecular flexibility index (Phi) is 7.02. The van der Waals surface area contributed by atoms with E-state index in [2.05, 4.69) is 61.7 Å². The van der Waals surface area contributed by atoms with E-state index in [9.17, 15) is 4.79 Å². The molecule has 2 rings (SSSR count). The molecule has 0 saturated carbocycles. The lowest BCUT2D eigenvalue weighted by molar-refractivity contribution is -0.781. The van der Waals surface area contributed by atoms with Crippen molar-refractivity contribution in [2.45, 2.75) is 84.8 Å². The average molecular weight is 411 g/mol. The standard InChI is InChI=1S/C21H40N3O3Si/c1-20(2,3)27-19(25)22-15-18(16-22)17-24-12-9-11-23(24)13-10-14-26-28(7,8)21(4,5)6/h9,11-12,18H,10,13-17H2,1-8H3/q+1. The molecule has 1 aromatic rings. The van der Waals surface area contributed by atoms with Crippen molar-refractivity contribution < 1.29 is 18.6 Å². The molecule has 1 aliphatic heterocycles. The second kappa shape index (κ2) is 8.57. The molecule has 7 heteroatoms. The van der Waals surface area contributed by atoms with E-state index in [1.165, 1.54) is 0 Å². The third-order valence-electron chi connectivity index (χ3n) is 5.70. The summed E-state index contributed by atoms with van der Waals surface area (Å²) in [6, 6.07) is 2.08. The molecule has 0 radical (unpaired) electrons. The van der Waals surface area contributed by atoms with Gasteiger partial charge in [-0.1, -0.05) is 20.8 Å². The minimum absolute atomic E-state index is 0.202. The molecule has 0 unspecified atom stereocenters. The normalized spacial score (nSPS) is 16.2. The summed E-state index contributed by atoms with van der Waals surface area (Å²) in [5, 5.41) is 0.255. The van der Waals surface area contributed by atoms with Crippen molar-refractivity contribution in [3.8, 4) is 0 Å². The number of aryl methyl sites for hydroxylation is 1. The van der Waals surface area contributed by atoms with Gasteiger partial charge in [0.1, 0.15) is 5.60 Å². The van der Waals surface area contributed by atoms with Crippen LogP contribution in [0.4, 0.5) is 4.79 Å². The number of nitrogens with zero attached hydrogens (tertiary/aromatic N) is 3. The lowest BCUT2D eigenvalue weighted by Crippen LogP contribution is -2.58. The Hall–Kier alpha value is -1.34. The van der Waals surface area contributed by atoms with Gasteiger partial charge in [-0.3, -0.25) is 0 Å². The van der Waals surface area contributed by atoms with E-state index in [1.54, 1.807) is 4.90 Å². The maximum absolute atomic E-state index is 12.1. The molecule has 0 atom stereocenters. The Balaban J connectivity index is 1.74. The van der Waals surface area contributed by atoms with Crippen LogP contribution in [0.1, 0.15) is 48.0 Å². The molecule has 160 valence electrons. The first-order valence-corrected chi connectivity index (χ1v) is 13.4. The quantitative estimate of drug-likeness (QED) is 0.387. The van der Waals surface area contributed by atoms with Gasteiger partial charge in [0.2, 0.25) is 0 Å². The molecule has 1 aliphatic rings. The number of hydrogen-bond acceptors (Lipinski definition) is 3. The van der Waals surface area contributed by atoms with Crippen LogP contribution in [0.15, 0.2) is 18.5 Å². The lowest BCUT2D eigenvalue weighted by atomic mass is 10.0. The van der Waals surface area contributed by atoms with E-state index in [-0.39, 0.29) is 11.1 Å². The number of likely N-dealkylation sites (tertiary alicyclic amines) is 1. The zero-order chi connectivity index (χ0) is 21.2. The van der Waals surface area contributed by atoms with Crippen LogP contribution in [-0.4, -0.2) is 49.3 Å². The highest BCUT2D eigenvalue weighted by atomic mass is 28.4. The molecule has 28 heavy (non-hydrogen) atoms. The van der Waals surface area contributed by atoms with Gasteiger partial charge in [0.05, 0.1) is 18.7 Å². The molecule has 2 heterocycles. The maximum Gasteiger partial charge on any atom is 0.410 e. The van der Waals surface area contributed by atoms with E-state index in [1.807, 2.05) is 20.8 Å². The number of carbonyl (C=O) groups is 1. The third-order valence-corrected chi connectivity index (χ3v) is 10.2. The average Bonchev–Trinajstić information content (AvgIpc) is 2.91. The highest BCUT2D eigenvalue weighted by Crippen LogP contribution is 2.36. The molecule has 6 nitrogen and oxygen atoms in total. The maximum atomic E-state index is 12.1. The fourth-order valence-corrected chi connectivity index (χ4v) is 4.06. The Bertz CT molecular complexity index is 653. The van der Waals surface area contributed by atoms with Crippen molar-refractivity contribution in [3.63, 3.8) is 0 Å². The minimum atomic E-state index is -1.66. The van der Waals surface area contributed by atoms with Gasteiger partial charge in [-0.15, -0.1) is 4.68 Å². The summed E-state index contributed by atoms with van der Waals surface area (Å²) < 4.78 is 16.2. The summed E-state index contributed by atoms with van der Waals surface area (Å²) in [6.45, 7) is 21.4. The Labute approximate surface area is 171 Å². The van der Waals surface area contributed by atoms with Gasteiger partial charge in [-0.2, -0.15) is 4.68 Å². The van der Waals surface area contributed by atoms with Crippen LogP contribution in [0.2, 0.25) is 18.1 Å². The van der Waals surface area contributed by atoms with Crippen LogP contribution in [0.3, 0.4) is 0 Å². The molecule has 1 fully saturated rings. The van der Waals surface area contributed by atoms with E-state index >= 15 is 0 Å². The molecular formula is C21H40N3O3Si+. The SMILES string of the molecule is CC(C)(C)OC(=O)N1CC(C[n+]2cccn2CCCO[Si](C)(C)C(C)(C)C)C1. The molecule has 0 N–H and O–H groups in total. The molecule has 0 bridgehead atoms. The van der Waals surface area contributed by atoms with E-state index in [0.29, 0.717) is 5.92 Å². The van der Waals surface area contributed by atoms with Gasteiger partial charge in [0.15, 0.2) is 21.1 Å². The van der Waals surface area contributed by atoms with Crippen molar-refractivity contribution in [3.05, 3.63) is 18.5 Å². The summed E-state index contributed by atoms with van der Waals surface area (Å²) in [5.41, 5.74) is -0.432. The predicted octanol–water partition coefficient (Wildman–Crippen LogP) is 4.05. The van der Waals surface area contributed by atoms with Gasteiger partial charge in [-0.05, 0) is 45.3 Å². The molecular weight excluding hydrogens is 370 g/mol.